The molecule has 70 valence electrons. The molecule has 0 aliphatic rings. The fourth-order valence-electron chi connectivity index (χ4n) is 0.608. The summed E-state index contributed by atoms with van der Waals surface area (Å²) in [7, 11) is 3.61. The highest BCUT2D eigenvalue weighted by atomic mass is 14.8. The van der Waals surface area contributed by atoms with Crippen molar-refractivity contribution in [3.8, 4) is 0 Å². The number of nitrogens with one attached hydrogen (secondary N) is 1. The Morgan fingerprint density at radius 1 is 0.846 bits per heavy atom. The first-order valence-corrected chi connectivity index (χ1v) is 4.16. The Balaban J connectivity index is 3.62. The van der Waals surface area contributed by atoms with Crippen LogP contribution in [0.25, 0.3) is 0 Å². The molecule has 0 aliphatic carbocycles. The molecule has 0 saturated carbocycles. The molecule has 2 heteroatoms. The first kappa shape index (κ1) is 11.4. The zero-order valence-corrected chi connectivity index (χ0v) is 8.14. The van der Waals surface area contributed by atoms with E-state index < -0.39 is 0 Å². The van der Waals surface area contributed by atoms with Crippen molar-refractivity contribution in [3.05, 3.63) is 48.7 Å². The number of hydrogen-bond acceptors (Lipinski definition) is 2. The standard InChI is InChI=1S/C11H16N2/c1-12-10-8-6-4-3-5-7-9-11-13-2/h3-12H,1-2H3/b5-3+,6-4+,9-7+,10-8+,13-11?. The lowest BCUT2D eigenvalue weighted by Crippen LogP contribution is -1.89. The van der Waals surface area contributed by atoms with Crippen LogP contribution in [-0.4, -0.2) is 20.3 Å². The largest absolute Gasteiger partial charge is 0.394 e. The third-order valence-electron chi connectivity index (χ3n) is 1.16. The molecule has 0 spiro atoms. The van der Waals surface area contributed by atoms with Gasteiger partial charge in [-0.25, -0.2) is 0 Å². The summed E-state index contributed by atoms with van der Waals surface area (Å²) in [4.78, 5) is 3.81. The zero-order chi connectivity index (χ0) is 9.78. The summed E-state index contributed by atoms with van der Waals surface area (Å²) in [6.07, 6.45) is 17.2. The maximum absolute atomic E-state index is 3.81. The number of nitrogens with zero attached hydrogens (tertiary/aromatic N) is 1. The van der Waals surface area contributed by atoms with E-state index in [1.165, 1.54) is 0 Å². The van der Waals surface area contributed by atoms with Gasteiger partial charge in [-0.15, -0.1) is 0 Å². The van der Waals surface area contributed by atoms with Crippen molar-refractivity contribution in [1.82, 2.24) is 5.32 Å². The molecule has 0 aromatic carbocycles. The van der Waals surface area contributed by atoms with Crippen LogP contribution in [0.5, 0.6) is 0 Å². The summed E-state index contributed by atoms with van der Waals surface area (Å²) >= 11 is 0. The van der Waals surface area contributed by atoms with Crippen LogP contribution >= 0.6 is 0 Å². The Labute approximate surface area is 80.1 Å². The second-order valence-corrected chi connectivity index (χ2v) is 2.21. The third-order valence-corrected chi connectivity index (χ3v) is 1.16. The van der Waals surface area contributed by atoms with Gasteiger partial charge in [-0.05, 0) is 18.4 Å². The van der Waals surface area contributed by atoms with Crippen LogP contribution in [0.3, 0.4) is 0 Å². The zero-order valence-electron chi connectivity index (χ0n) is 8.14. The van der Waals surface area contributed by atoms with Gasteiger partial charge in [0.1, 0.15) is 0 Å². The minimum atomic E-state index is 1.74. The molecule has 0 aromatic rings. The summed E-state index contributed by atoms with van der Waals surface area (Å²) < 4.78 is 0. The van der Waals surface area contributed by atoms with Gasteiger partial charge >= 0.3 is 0 Å². The predicted octanol–water partition coefficient (Wildman–Crippen LogP) is 2.09. The van der Waals surface area contributed by atoms with Crippen LogP contribution < -0.4 is 5.32 Å². The van der Waals surface area contributed by atoms with E-state index in [-0.39, 0.29) is 0 Å². The molecule has 0 bridgehead atoms. The van der Waals surface area contributed by atoms with E-state index >= 15 is 0 Å². The average Bonchev–Trinajstić information content (AvgIpc) is 2.16. The maximum atomic E-state index is 3.81. The molecular weight excluding hydrogens is 160 g/mol. The van der Waals surface area contributed by atoms with Gasteiger partial charge in [0.25, 0.3) is 0 Å². The quantitative estimate of drug-likeness (QED) is 0.503. The van der Waals surface area contributed by atoms with E-state index in [1.54, 1.807) is 13.3 Å². The van der Waals surface area contributed by atoms with E-state index in [2.05, 4.69) is 10.3 Å². The summed E-state index contributed by atoms with van der Waals surface area (Å²) in [5, 5.41) is 2.90. The predicted molar refractivity (Wildman–Crippen MR) is 60.0 cm³/mol. The molecular formula is C11H16N2. The Morgan fingerprint density at radius 2 is 1.38 bits per heavy atom. The van der Waals surface area contributed by atoms with Gasteiger partial charge in [0.2, 0.25) is 0 Å². The van der Waals surface area contributed by atoms with Crippen molar-refractivity contribution in [2.24, 2.45) is 4.99 Å². The topological polar surface area (TPSA) is 24.4 Å². The molecule has 0 unspecified atom stereocenters. The van der Waals surface area contributed by atoms with Crippen LogP contribution in [0.4, 0.5) is 0 Å². The molecule has 0 atom stereocenters. The first-order valence-electron chi connectivity index (χ1n) is 4.16. The molecule has 0 heterocycles. The summed E-state index contributed by atoms with van der Waals surface area (Å²) in [5.74, 6) is 0. The van der Waals surface area contributed by atoms with Gasteiger partial charge in [0.05, 0.1) is 0 Å². The van der Waals surface area contributed by atoms with Crippen LogP contribution in [0.15, 0.2) is 53.7 Å². The van der Waals surface area contributed by atoms with Crippen LogP contribution in [-0.2, 0) is 0 Å². The minimum absolute atomic E-state index is 1.74. The highest BCUT2D eigenvalue weighted by Gasteiger charge is 1.62. The molecule has 0 amide bonds. The molecule has 0 fully saturated rings. The van der Waals surface area contributed by atoms with Gasteiger partial charge < -0.3 is 5.32 Å². The first-order chi connectivity index (χ1) is 6.41. The van der Waals surface area contributed by atoms with Crippen molar-refractivity contribution in [2.45, 2.75) is 0 Å². The van der Waals surface area contributed by atoms with Crippen LogP contribution in [0, 0.1) is 0 Å². The number of hydrogen-bond donors (Lipinski definition) is 1. The Morgan fingerprint density at radius 3 is 1.92 bits per heavy atom. The van der Waals surface area contributed by atoms with Gasteiger partial charge in [0, 0.05) is 20.3 Å². The van der Waals surface area contributed by atoms with Crippen molar-refractivity contribution in [2.75, 3.05) is 14.1 Å². The van der Waals surface area contributed by atoms with Gasteiger partial charge in [-0.3, -0.25) is 4.99 Å². The summed E-state index contributed by atoms with van der Waals surface area (Å²) in [5.41, 5.74) is 0. The molecule has 2 nitrogen and oxygen atoms in total. The maximum Gasteiger partial charge on any atom is 0.0277 e. The lowest BCUT2D eigenvalue weighted by molar-refractivity contribution is 1.10. The highest BCUT2D eigenvalue weighted by molar-refractivity contribution is 5.71. The fourth-order valence-corrected chi connectivity index (χ4v) is 0.608. The summed E-state index contributed by atoms with van der Waals surface area (Å²) in [6, 6.07) is 0. The Bertz CT molecular complexity index is 232. The molecule has 0 saturated heterocycles. The molecule has 1 N–H and O–H groups in total. The van der Waals surface area contributed by atoms with E-state index in [4.69, 9.17) is 0 Å². The average molecular weight is 176 g/mol. The third kappa shape index (κ3) is 10.4. The van der Waals surface area contributed by atoms with Crippen LogP contribution in [0.1, 0.15) is 0 Å². The van der Waals surface area contributed by atoms with Crippen molar-refractivity contribution >= 4 is 6.21 Å². The molecule has 0 aliphatic heterocycles. The van der Waals surface area contributed by atoms with E-state index in [0.29, 0.717) is 0 Å². The summed E-state index contributed by atoms with van der Waals surface area (Å²) in [6.45, 7) is 0. The smallest absolute Gasteiger partial charge is 0.0277 e. The van der Waals surface area contributed by atoms with Gasteiger partial charge in [-0.1, -0.05) is 30.4 Å². The lowest BCUT2D eigenvalue weighted by Gasteiger charge is -1.78. The fraction of sp³-hybridized carbons (Fsp3) is 0.182. The molecule has 13 heavy (non-hydrogen) atoms. The van der Waals surface area contributed by atoms with Gasteiger partial charge in [0.15, 0.2) is 0 Å². The SMILES string of the molecule is CN=C/C=C/C=C/C=C/C=C/NC. The normalized spacial score (nSPS) is 13.4. The van der Waals surface area contributed by atoms with E-state index in [1.807, 2.05) is 55.8 Å². The Kier molecular flexibility index (Phi) is 9.17. The van der Waals surface area contributed by atoms with Crippen molar-refractivity contribution in [3.63, 3.8) is 0 Å². The van der Waals surface area contributed by atoms with E-state index in [0.717, 1.165) is 0 Å². The Hall–Kier alpha value is -1.57. The molecule has 0 radical (unpaired) electrons. The van der Waals surface area contributed by atoms with E-state index in [9.17, 15) is 0 Å². The molecule has 0 aromatic heterocycles. The number of aliphatic imine (C=N–C) groups is 1. The van der Waals surface area contributed by atoms with Crippen molar-refractivity contribution < 1.29 is 0 Å². The minimum Gasteiger partial charge on any atom is -0.394 e. The van der Waals surface area contributed by atoms with Crippen molar-refractivity contribution in [1.29, 1.82) is 0 Å². The molecule has 0 rings (SSSR count). The highest BCUT2D eigenvalue weighted by Crippen LogP contribution is 1.80. The second kappa shape index (κ2) is 10.4. The monoisotopic (exact) mass is 176 g/mol. The number of rotatable bonds is 5. The number of allylic oxidation sites excluding steroid dienone is 7. The van der Waals surface area contributed by atoms with Crippen LogP contribution in [0.2, 0.25) is 0 Å². The lowest BCUT2D eigenvalue weighted by atomic mass is 10.4. The van der Waals surface area contributed by atoms with Gasteiger partial charge in [-0.2, -0.15) is 0 Å². The second-order valence-electron chi connectivity index (χ2n) is 2.21.